The standard InChI is InChI=1S/C24H22ClN3O3S/c1-15(22(29)26-20-9-5-7-16-6-3-4-8-18(16)20)32-24-27-21-14-17(25)10-11-19(21)23(30)28(24)12-13-31-2/h3-11,14-15H,12-13H2,1-2H3,(H,26,29). The van der Waals surface area contributed by atoms with E-state index in [0.29, 0.717) is 34.2 Å². The molecule has 8 heteroatoms. The number of carbonyl (C=O) groups is 1. The van der Waals surface area contributed by atoms with Gasteiger partial charge in [0.2, 0.25) is 5.91 Å². The fourth-order valence-electron chi connectivity index (χ4n) is 3.42. The fourth-order valence-corrected chi connectivity index (χ4v) is 4.52. The number of hydrogen-bond donors (Lipinski definition) is 1. The number of anilines is 1. The molecule has 3 aromatic carbocycles. The van der Waals surface area contributed by atoms with Crippen molar-refractivity contribution in [2.45, 2.75) is 23.9 Å². The van der Waals surface area contributed by atoms with E-state index in [4.69, 9.17) is 16.3 Å². The van der Waals surface area contributed by atoms with Crippen molar-refractivity contribution in [2.24, 2.45) is 0 Å². The molecule has 0 bridgehead atoms. The van der Waals surface area contributed by atoms with E-state index in [1.165, 1.54) is 11.8 Å². The number of methoxy groups -OCH3 is 1. The van der Waals surface area contributed by atoms with Crippen molar-refractivity contribution in [3.8, 4) is 0 Å². The molecule has 1 aromatic heterocycles. The maximum Gasteiger partial charge on any atom is 0.262 e. The van der Waals surface area contributed by atoms with Gasteiger partial charge >= 0.3 is 0 Å². The zero-order chi connectivity index (χ0) is 22.7. The summed E-state index contributed by atoms with van der Waals surface area (Å²) >= 11 is 7.33. The lowest BCUT2D eigenvalue weighted by Crippen LogP contribution is -2.28. The number of hydrogen-bond acceptors (Lipinski definition) is 5. The molecule has 1 N–H and O–H groups in total. The van der Waals surface area contributed by atoms with Gasteiger partial charge in [-0.2, -0.15) is 0 Å². The van der Waals surface area contributed by atoms with Gasteiger partial charge in [0.25, 0.3) is 5.56 Å². The smallest absolute Gasteiger partial charge is 0.262 e. The molecule has 0 spiro atoms. The van der Waals surface area contributed by atoms with Gasteiger partial charge in [0, 0.05) is 23.2 Å². The molecule has 0 fully saturated rings. The normalized spacial score (nSPS) is 12.2. The Hall–Kier alpha value is -2.87. The second-order valence-corrected chi connectivity index (χ2v) is 9.03. The number of thioether (sulfide) groups is 1. The lowest BCUT2D eigenvalue weighted by atomic mass is 10.1. The van der Waals surface area contributed by atoms with E-state index < -0.39 is 5.25 Å². The summed E-state index contributed by atoms with van der Waals surface area (Å²) in [5.74, 6) is -0.176. The van der Waals surface area contributed by atoms with E-state index in [0.717, 1.165) is 16.5 Å². The predicted molar refractivity (Wildman–Crippen MR) is 131 cm³/mol. The molecule has 164 valence electrons. The topological polar surface area (TPSA) is 73.2 Å². The van der Waals surface area contributed by atoms with Crippen LogP contribution >= 0.6 is 23.4 Å². The van der Waals surface area contributed by atoms with Crippen LogP contribution in [0.15, 0.2) is 70.6 Å². The van der Waals surface area contributed by atoms with Crippen LogP contribution in [0, 0.1) is 0 Å². The summed E-state index contributed by atoms with van der Waals surface area (Å²) in [6.45, 7) is 2.48. The third kappa shape index (κ3) is 4.65. The van der Waals surface area contributed by atoms with Crippen LogP contribution in [0.5, 0.6) is 0 Å². The number of halogens is 1. The van der Waals surface area contributed by atoms with Crippen molar-refractivity contribution in [2.75, 3.05) is 19.0 Å². The summed E-state index contributed by atoms with van der Waals surface area (Å²) in [5, 5.41) is 5.95. The Bertz CT molecular complexity index is 1350. The first kappa shape index (κ1) is 22.3. The number of nitrogens with zero attached hydrogens (tertiary/aromatic N) is 2. The van der Waals surface area contributed by atoms with Gasteiger partial charge in [-0.15, -0.1) is 0 Å². The van der Waals surface area contributed by atoms with Crippen molar-refractivity contribution < 1.29 is 9.53 Å². The van der Waals surface area contributed by atoms with Crippen LogP contribution in [-0.2, 0) is 16.1 Å². The molecular formula is C24H22ClN3O3S. The minimum absolute atomic E-state index is 0.176. The largest absolute Gasteiger partial charge is 0.383 e. The van der Waals surface area contributed by atoms with Crippen molar-refractivity contribution in [3.63, 3.8) is 0 Å². The van der Waals surface area contributed by atoms with E-state index in [-0.39, 0.29) is 11.5 Å². The number of ether oxygens (including phenoxy) is 1. The summed E-state index contributed by atoms with van der Waals surface area (Å²) in [7, 11) is 1.58. The predicted octanol–water partition coefficient (Wildman–Crippen LogP) is 4.97. The quantitative estimate of drug-likeness (QED) is 0.307. The van der Waals surface area contributed by atoms with E-state index in [1.54, 1.807) is 36.8 Å². The Morgan fingerprint density at radius 1 is 1.16 bits per heavy atom. The highest BCUT2D eigenvalue weighted by Gasteiger charge is 2.20. The molecule has 6 nitrogen and oxygen atoms in total. The Balaban J connectivity index is 1.64. The molecule has 1 heterocycles. The summed E-state index contributed by atoms with van der Waals surface area (Å²) in [5.41, 5.74) is 1.06. The molecule has 1 amide bonds. The molecule has 1 unspecified atom stereocenters. The molecule has 0 aliphatic rings. The molecular weight excluding hydrogens is 446 g/mol. The Morgan fingerprint density at radius 3 is 2.75 bits per heavy atom. The zero-order valence-electron chi connectivity index (χ0n) is 17.7. The van der Waals surface area contributed by atoms with E-state index in [2.05, 4.69) is 10.3 Å². The molecule has 0 saturated heterocycles. The molecule has 0 saturated carbocycles. The molecule has 4 aromatic rings. The monoisotopic (exact) mass is 467 g/mol. The first-order valence-corrected chi connectivity index (χ1v) is 11.4. The van der Waals surface area contributed by atoms with Gasteiger partial charge in [-0.3, -0.25) is 14.2 Å². The SMILES string of the molecule is COCCn1c(SC(C)C(=O)Nc2cccc3ccccc23)nc2cc(Cl)ccc2c1=O. The fraction of sp³-hybridized carbons (Fsp3) is 0.208. The van der Waals surface area contributed by atoms with Crippen molar-refractivity contribution in [1.82, 2.24) is 9.55 Å². The van der Waals surface area contributed by atoms with Crippen LogP contribution in [0.25, 0.3) is 21.7 Å². The summed E-state index contributed by atoms with van der Waals surface area (Å²) in [4.78, 5) is 30.7. The summed E-state index contributed by atoms with van der Waals surface area (Å²) in [6.07, 6.45) is 0. The lowest BCUT2D eigenvalue weighted by Gasteiger charge is -2.17. The Morgan fingerprint density at radius 2 is 1.94 bits per heavy atom. The third-order valence-corrected chi connectivity index (χ3v) is 6.43. The first-order valence-electron chi connectivity index (χ1n) is 10.1. The molecule has 32 heavy (non-hydrogen) atoms. The first-order chi connectivity index (χ1) is 15.5. The maximum atomic E-state index is 13.1. The Labute approximate surface area is 194 Å². The number of rotatable bonds is 7. The van der Waals surface area contributed by atoms with Gasteiger partial charge in [0.1, 0.15) is 0 Å². The van der Waals surface area contributed by atoms with Crippen LogP contribution in [0.2, 0.25) is 5.02 Å². The van der Waals surface area contributed by atoms with Gasteiger partial charge in [-0.25, -0.2) is 4.98 Å². The van der Waals surface area contributed by atoms with E-state index >= 15 is 0 Å². The summed E-state index contributed by atoms with van der Waals surface area (Å²) in [6, 6.07) is 18.7. The van der Waals surface area contributed by atoms with Gasteiger partial charge in [-0.1, -0.05) is 59.8 Å². The van der Waals surface area contributed by atoms with Crippen LogP contribution in [0.1, 0.15) is 6.92 Å². The minimum atomic E-state index is -0.494. The second kappa shape index (κ2) is 9.73. The molecule has 0 radical (unpaired) electrons. The van der Waals surface area contributed by atoms with Crippen molar-refractivity contribution in [1.29, 1.82) is 0 Å². The number of aromatic nitrogens is 2. The number of nitrogens with one attached hydrogen (secondary N) is 1. The number of benzene rings is 3. The number of carbonyl (C=O) groups excluding carboxylic acids is 1. The average Bonchev–Trinajstić information content (AvgIpc) is 2.79. The Kier molecular flexibility index (Phi) is 6.79. The van der Waals surface area contributed by atoms with Crippen molar-refractivity contribution >= 4 is 56.6 Å². The van der Waals surface area contributed by atoms with Gasteiger partial charge in [0.05, 0.1) is 29.3 Å². The van der Waals surface area contributed by atoms with Gasteiger partial charge < -0.3 is 10.1 Å². The van der Waals surface area contributed by atoms with Gasteiger partial charge in [0.15, 0.2) is 5.16 Å². The molecule has 4 rings (SSSR count). The van der Waals surface area contributed by atoms with Crippen LogP contribution < -0.4 is 10.9 Å². The minimum Gasteiger partial charge on any atom is -0.383 e. The highest BCUT2D eigenvalue weighted by atomic mass is 35.5. The van der Waals surface area contributed by atoms with E-state index in [1.807, 2.05) is 42.5 Å². The highest BCUT2D eigenvalue weighted by Crippen LogP contribution is 2.27. The third-order valence-electron chi connectivity index (χ3n) is 5.10. The van der Waals surface area contributed by atoms with E-state index in [9.17, 15) is 9.59 Å². The van der Waals surface area contributed by atoms with Crippen LogP contribution in [-0.4, -0.2) is 34.4 Å². The van der Waals surface area contributed by atoms with Crippen LogP contribution in [0.3, 0.4) is 0 Å². The molecule has 0 aliphatic heterocycles. The van der Waals surface area contributed by atoms with Crippen molar-refractivity contribution in [3.05, 3.63) is 76.0 Å². The molecule has 1 atom stereocenters. The second-order valence-electron chi connectivity index (χ2n) is 7.28. The lowest BCUT2D eigenvalue weighted by molar-refractivity contribution is -0.115. The zero-order valence-corrected chi connectivity index (χ0v) is 19.2. The average molecular weight is 468 g/mol. The number of amides is 1. The maximum absolute atomic E-state index is 13.1. The molecule has 0 aliphatic carbocycles. The summed E-state index contributed by atoms with van der Waals surface area (Å²) < 4.78 is 6.71. The highest BCUT2D eigenvalue weighted by molar-refractivity contribution is 8.00. The van der Waals surface area contributed by atoms with Crippen LogP contribution in [0.4, 0.5) is 5.69 Å². The number of fused-ring (bicyclic) bond motifs is 2. The van der Waals surface area contributed by atoms with Gasteiger partial charge in [-0.05, 0) is 36.6 Å².